The third-order valence-electron chi connectivity index (χ3n) is 0.816. The van der Waals surface area contributed by atoms with E-state index < -0.39 is 0 Å². The quantitative estimate of drug-likeness (QED) is 0.596. The van der Waals surface area contributed by atoms with Crippen molar-refractivity contribution in [3.05, 3.63) is 33.9 Å². The molecular weight excluding hydrogens is 279 g/mol. The van der Waals surface area contributed by atoms with E-state index in [1.807, 2.05) is 6.07 Å². The third kappa shape index (κ3) is 1.74. The van der Waals surface area contributed by atoms with Crippen LogP contribution in [0.2, 0.25) is 0 Å². The van der Waals surface area contributed by atoms with Crippen LogP contribution in [0, 0.1) is 3.57 Å². The van der Waals surface area contributed by atoms with Gasteiger partial charge in [-0.1, -0.05) is 0 Å². The van der Waals surface area contributed by atoms with E-state index in [1.165, 1.54) is 3.57 Å². The Morgan fingerprint density at radius 2 is 1.75 bits per heavy atom. The molecule has 0 fully saturated rings. The Kier molecular flexibility index (Phi) is 2.83. The summed E-state index contributed by atoms with van der Waals surface area (Å²) in [5.74, 6) is 0. The van der Waals surface area contributed by atoms with Crippen LogP contribution in [0.4, 0.5) is 0 Å². The summed E-state index contributed by atoms with van der Waals surface area (Å²) in [5, 5.41) is 0. The fourth-order valence-corrected chi connectivity index (χ4v) is 2.49. The molecule has 8 heavy (non-hydrogen) atoms. The van der Waals surface area contributed by atoms with E-state index >= 15 is 0 Å². The molecule has 0 aliphatic carbocycles. The second-order valence-electron chi connectivity index (χ2n) is 1.37. The van der Waals surface area contributed by atoms with E-state index in [0.29, 0.717) is 0 Å². The van der Waals surface area contributed by atoms with Crippen molar-refractivity contribution in [1.82, 2.24) is 0 Å². The minimum atomic E-state index is 0.122. The second-order valence-corrected chi connectivity index (χ2v) is 5.03. The van der Waals surface area contributed by atoms with Crippen LogP contribution < -0.4 is 19.0 Å². The number of hydrogen-bond acceptors (Lipinski definition) is 0. The molecule has 0 saturated carbocycles. The molecule has 44 valence electrons. The molecule has 0 saturated heterocycles. The standard InChI is InChI=1S/C6H5BrI/c7-8-6-4-2-1-3-5-6/h1-5H/q-1. The Morgan fingerprint density at radius 3 is 2.12 bits per heavy atom. The summed E-state index contributed by atoms with van der Waals surface area (Å²) >= 11 is 3.59. The molecule has 0 bridgehead atoms. The van der Waals surface area contributed by atoms with Gasteiger partial charge < -0.3 is 0 Å². The molecule has 2 heteroatoms. The van der Waals surface area contributed by atoms with E-state index in [4.69, 9.17) is 0 Å². The minimum absolute atomic E-state index is 0.122. The van der Waals surface area contributed by atoms with E-state index in [-0.39, 0.29) is 19.0 Å². The average Bonchev–Trinajstić information content (AvgIpc) is 1.90. The van der Waals surface area contributed by atoms with Crippen molar-refractivity contribution in [1.29, 1.82) is 0 Å². The van der Waals surface area contributed by atoms with E-state index in [1.54, 1.807) is 0 Å². The first-order valence-corrected chi connectivity index (χ1v) is 8.16. The van der Waals surface area contributed by atoms with Gasteiger partial charge >= 0.3 is 65.6 Å². The van der Waals surface area contributed by atoms with Crippen molar-refractivity contribution in [2.75, 3.05) is 0 Å². The van der Waals surface area contributed by atoms with Crippen LogP contribution in [-0.4, -0.2) is 0 Å². The van der Waals surface area contributed by atoms with Crippen molar-refractivity contribution >= 4 is 12.7 Å². The Hall–Kier alpha value is 0.430. The second kappa shape index (κ2) is 3.45. The zero-order valence-electron chi connectivity index (χ0n) is 4.14. The Bertz CT molecular complexity index is 150. The van der Waals surface area contributed by atoms with Crippen LogP contribution in [0.15, 0.2) is 30.3 Å². The molecular formula is C6H5BrI-. The Labute approximate surface area is 65.3 Å². The molecule has 0 aromatic heterocycles. The molecule has 0 aliphatic rings. The Morgan fingerprint density at radius 1 is 1.12 bits per heavy atom. The molecule has 0 atom stereocenters. The van der Waals surface area contributed by atoms with Crippen LogP contribution in [0.25, 0.3) is 0 Å². The van der Waals surface area contributed by atoms with Gasteiger partial charge in [0.1, 0.15) is 0 Å². The predicted molar refractivity (Wildman–Crippen MR) is 34.1 cm³/mol. The van der Waals surface area contributed by atoms with Gasteiger partial charge in [0.25, 0.3) is 0 Å². The molecule has 0 radical (unpaired) electrons. The van der Waals surface area contributed by atoms with E-state index in [0.717, 1.165) is 0 Å². The van der Waals surface area contributed by atoms with Gasteiger partial charge in [0.05, 0.1) is 0 Å². The monoisotopic (exact) mass is 283 g/mol. The van der Waals surface area contributed by atoms with Gasteiger partial charge in [-0.15, -0.1) is 0 Å². The molecule has 1 rings (SSSR count). The number of rotatable bonds is 1. The fourth-order valence-electron chi connectivity index (χ4n) is 0.462. The number of hydrogen-bond donors (Lipinski definition) is 0. The molecule has 1 aromatic carbocycles. The first kappa shape index (κ1) is 6.55. The summed E-state index contributed by atoms with van der Waals surface area (Å²) in [4.78, 5) is 0. The number of halogens is 2. The van der Waals surface area contributed by atoms with Crippen LogP contribution >= 0.6 is 12.7 Å². The predicted octanol–water partition coefficient (Wildman–Crippen LogP) is -0.745. The molecule has 0 spiro atoms. The van der Waals surface area contributed by atoms with Crippen molar-refractivity contribution in [2.45, 2.75) is 0 Å². The zero-order chi connectivity index (χ0) is 5.82. The molecule has 0 heterocycles. The van der Waals surface area contributed by atoms with Crippen molar-refractivity contribution in [2.24, 2.45) is 0 Å². The van der Waals surface area contributed by atoms with Crippen molar-refractivity contribution < 1.29 is 19.0 Å². The van der Waals surface area contributed by atoms with Gasteiger partial charge in [-0.2, -0.15) is 0 Å². The van der Waals surface area contributed by atoms with Crippen LogP contribution in [0.5, 0.6) is 0 Å². The van der Waals surface area contributed by atoms with Crippen LogP contribution in [0.3, 0.4) is 0 Å². The van der Waals surface area contributed by atoms with Crippen molar-refractivity contribution in [3.8, 4) is 0 Å². The van der Waals surface area contributed by atoms with E-state index in [2.05, 4.69) is 37.0 Å². The fraction of sp³-hybridized carbons (Fsp3) is 0. The SMILES string of the molecule is Br[I-]c1ccccc1. The maximum atomic E-state index is 3.47. The summed E-state index contributed by atoms with van der Waals surface area (Å²) in [5.41, 5.74) is 0. The topological polar surface area (TPSA) is 0 Å². The first-order chi connectivity index (χ1) is 3.93. The van der Waals surface area contributed by atoms with Crippen LogP contribution in [-0.2, 0) is 0 Å². The van der Waals surface area contributed by atoms with Gasteiger partial charge in [0.15, 0.2) is 0 Å². The molecule has 0 N–H and O–H groups in total. The zero-order valence-corrected chi connectivity index (χ0v) is 7.89. The molecule has 0 nitrogen and oxygen atoms in total. The summed E-state index contributed by atoms with van der Waals surface area (Å²) in [6.45, 7) is 0. The van der Waals surface area contributed by atoms with Crippen LogP contribution in [0.1, 0.15) is 0 Å². The summed E-state index contributed by atoms with van der Waals surface area (Å²) in [6.07, 6.45) is 0. The Balaban J connectivity index is 2.83. The average molecular weight is 284 g/mol. The van der Waals surface area contributed by atoms with Gasteiger partial charge in [-0.3, -0.25) is 0 Å². The number of benzene rings is 1. The summed E-state index contributed by atoms with van der Waals surface area (Å²) < 4.78 is 1.44. The van der Waals surface area contributed by atoms with Gasteiger partial charge in [-0.05, 0) is 0 Å². The van der Waals surface area contributed by atoms with Gasteiger partial charge in [0, 0.05) is 0 Å². The molecule has 0 aliphatic heterocycles. The summed E-state index contributed by atoms with van der Waals surface area (Å²) in [7, 11) is 0. The van der Waals surface area contributed by atoms with Gasteiger partial charge in [-0.25, -0.2) is 0 Å². The van der Waals surface area contributed by atoms with E-state index in [9.17, 15) is 0 Å². The van der Waals surface area contributed by atoms with Crippen molar-refractivity contribution in [3.63, 3.8) is 0 Å². The molecule has 1 aromatic rings. The molecule has 0 unspecified atom stereocenters. The maximum absolute atomic E-state index is 3.47. The third-order valence-corrected chi connectivity index (χ3v) is 4.33. The normalized spacial score (nSPS) is 9.62. The summed E-state index contributed by atoms with van der Waals surface area (Å²) in [6, 6.07) is 10.5. The van der Waals surface area contributed by atoms with Gasteiger partial charge in [0.2, 0.25) is 0 Å². The molecule has 0 amide bonds. The first-order valence-electron chi connectivity index (χ1n) is 2.24.